The van der Waals surface area contributed by atoms with Crippen LogP contribution in [-0.4, -0.2) is 36.5 Å². The van der Waals surface area contributed by atoms with Gasteiger partial charge in [-0.15, -0.1) is 11.3 Å². The quantitative estimate of drug-likeness (QED) is 0.605. The number of carbonyl (C=O) groups is 2. The highest BCUT2D eigenvalue weighted by Gasteiger charge is 2.31. The van der Waals surface area contributed by atoms with Crippen molar-refractivity contribution in [3.8, 4) is 11.5 Å². The summed E-state index contributed by atoms with van der Waals surface area (Å²) in [5.41, 5.74) is 0. The molecular weight excluding hydrogens is 338 g/mol. The third-order valence-corrected chi connectivity index (χ3v) is 4.99. The first kappa shape index (κ1) is 17.5. The van der Waals surface area contributed by atoms with Crippen LogP contribution in [0.25, 0.3) is 0 Å². The Balaban J connectivity index is 1.65. The van der Waals surface area contributed by atoms with Crippen LogP contribution in [0.15, 0.2) is 41.8 Å². The van der Waals surface area contributed by atoms with E-state index in [0.717, 1.165) is 12.8 Å². The number of hydrogen-bond acceptors (Lipinski definition) is 5. The van der Waals surface area contributed by atoms with Gasteiger partial charge in [0.05, 0.1) is 17.4 Å². The van der Waals surface area contributed by atoms with Crippen molar-refractivity contribution in [2.24, 2.45) is 5.92 Å². The summed E-state index contributed by atoms with van der Waals surface area (Å²) in [6, 6.07) is 10.8. The number of rotatable bonds is 5. The maximum absolute atomic E-state index is 12.6. The third-order valence-electron chi connectivity index (χ3n) is 4.13. The number of para-hydroxylation sites is 2. The van der Waals surface area contributed by atoms with Gasteiger partial charge in [0, 0.05) is 13.1 Å². The van der Waals surface area contributed by atoms with Crippen molar-refractivity contribution >= 4 is 23.2 Å². The standard InChI is InChI=1S/C19H21NO4S/c1-2-23-15-8-3-4-9-16(15)24-19(22)14-7-5-11-20(13-14)18(21)17-10-6-12-25-17/h3-4,6,8-10,12,14H,2,5,7,11,13H2,1H3. The van der Waals surface area contributed by atoms with Gasteiger partial charge >= 0.3 is 5.97 Å². The normalized spacial score (nSPS) is 17.2. The summed E-state index contributed by atoms with van der Waals surface area (Å²) >= 11 is 1.42. The van der Waals surface area contributed by atoms with Gasteiger partial charge < -0.3 is 14.4 Å². The first-order valence-electron chi connectivity index (χ1n) is 8.45. The summed E-state index contributed by atoms with van der Waals surface area (Å²) in [5.74, 6) is 0.349. The minimum atomic E-state index is -0.313. The molecule has 5 nitrogen and oxygen atoms in total. The van der Waals surface area contributed by atoms with Crippen LogP contribution in [0, 0.1) is 5.92 Å². The third kappa shape index (κ3) is 4.20. The molecule has 1 saturated heterocycles. The van der Waals surface area contributed by atoms with Gasteiger partial charge in [0.1, 0.15) is 0 Å². The average Bonchev–Trinajstić information content (AvgIpc) is 3.18. The van der Waals surface area contributed by atoms with Crippen LogP contribution in [-0.2, 0) is 4.79 Å². The Labute approximate surface area is 151 Å². The van der Waals surface area contributed by atoms with E-state index in [4.69, 9.17) is 9.47 Å². The molecular formula is C19H21NO4S. The summed E-state index contributed by atoms with van der Waals surface area (Å²) < 4.78 is 11.1. The summed E-state index contributed by atoms with van der Waals surface area (Å²) in [6.45, 7) is 3.46. The molecule has 1 fully saturated rings. The van der Waals surface area contributed by atoms with Crippen LogP contribution in [0.1, 0.15) is 29.4 Å². The number of carbonyl (C=O) groups excluding carboxylic acids is 2. The zero-order valence-electron chi connectivity index (χ0n) is 14.1. The number of piperidine rings is 1. The lowest BCUT2D eigenvalue weighted by atomic mass is 9.98. The highest BCUT2D eigenvalue weighted by Crippen LogP contribution is 2.29. The summed E-state index contributed by atoms with van der Waals surface area (Å²) in [4.78, 5) is 27.5. The molecule has 0 bridgehead atoms. The van der Waals surface area contributed by atoms with E-state index in [2.05, 4.69) is 0 Å². The molecule has 0 saturated carbocycles. The fourth-order valence-corrected chi connectivity index (χ4v) is 3.60. The van der Waals surface area contributed by atoms with Crippen molar-refractivity contribution in [2.45, 2.75) is 19.8 Å². The van der Waals surface area contributed by atoms with E-state index in [1.807, 2.05) is 30.5 Å². The molecule has 0 spiro atoms. The van der Waals surface area contributed by atoms with Crippen LogP contribution < -0.4 is 9.47 Å². The summed E-state index contributed by atoms with van der Waals surface area (Å²) in [7, 11) is 0. The van der Waals surface area contributed by atoms with E-state index in [1.165, 1.54) is 11.3 Å². The predicted molar refractivity (Wildman–Crippen MR) is 96.2 cm³/mol. The molecule has 1 aliphatic heterocycles. The molecule has 1 unspecified atom stereocenters. The van der Waals surface area contributed by atoms with E-state index in [-0.39, 0.29) is 17.8 Å². The largest absolute Gasteiger partial charge is 0.490 e. The molecule has 1 aromatic heterocycles. The summed E-state index contributed by atoms with van der Waals surface area (Å²) in [5, 5.41) is 1.88. The molecule has 0 aliphatic carbocycles. The van der Waals surface area contributed by atoms with E-state index >= 15 is 0 Å². The lowest BCUT2D eigenvalue weighted by Gasteiger charge is -2.31. The van der Waals surface area contributed by atoms with E-state index < -0.39 is 0 Å². The van der Waals surface area contributed by atoms with Gasteiger partial charge in [0.25, 0.3) is 5.91 Å². The first-order valence-corrected chi connectivity index (χ1v) is 9.33. The first-order chi connectivity index (χ1) is 12.2. The molecule has 1 atom stereocenters. The van der Waals surface area contributed by atoms with Gasteiger partial charge in [-0.3, -0.25) is 9.59 Å². The number of ether oxygens (including phenoxy) is 2. The number of hydrogen-bond donors (Lipinski definition) is 0. The Hall–Kier alpha value is -2.34. The fraction of sp³-hybridized carbons (Fsp3) is 0.368. The van der Waals surface area contributed by atoms with Gasteiger partial charge in [-0.05, 0) is 43.3 Å². The second kappa shape index (κ2) is 8.16. The molecule has 1 aromatic carbocycles. The van der Waals surface area contributed by atoms with Crippen molar-refractivity contribution in [2.75, 3.05) is 19.7 Å². The van der Waals surface area contributed by atoms with Gasteiger partial charge in [0.2, 0.25) is 0 Å². The molecule has 2 heterocycles. The van der Waals surface area contributed by atoms with Crippen molar-refractivity contribution in [1.82, 2.24) is 4.90 Å². The summed E-state index contributed by atoms with van der Waals surface area (Å²) in [6.07, 6.45) is 1.52. The zero-order valence-corrected chi connectivity index (χ0v) is 15.0. The van der Waals surface area contributed by atoms with Gasteiger partial charge in [-0.25, -0.2) is 0 Å². The highest BCUT2D eigenvalue weighted by atomic mass is 32.1. The zero-order chi connectivity index (χ0) is 17.6. The molecule has 3 rings (SSSR count). The lowest BCUT2D eigenvalue weighted by Crippen LogP contribution is -2.43. The second-order valence-corrected chi connectivity index (χ2v) is 6.82. The Kier molecular flexibility index (Phi) is 5.71. The second-order valence-electron chi connectivity index (χ2n) is 5.87. The van der Waals surface area contributed by atoms with Crippen molar-refractivity contribution in [3.63, 3.8) is 0 Å². The van der Waals surface area contributed by atoms with E-state index in [0.29, 0.717) is 36.1 Å². The Morgan fingerprint density at radius 1 is 1.20 bits per heavy atom. The number of thiophene rings is 1. The Bertz CT molecular complexity index is 729. The van der Waals surface area contributed by atoms with Crippen LogP contribution in [0.5, 0.6) is 11.5 Å². The van der Waals surface area contributed by atoms with Crippen LogP contribution >= 0.6 is 11.3 Å². The SMILES string of the molecule is CCOc1ccccc1OC(=O)C1CCCN(C(=O)c2cccs2)C1. The van der Waals surface area contributed by atoms with Crippen LogP contribution in [0.2, 0.25) is 0 Å². The number of amides is 1. The average molecular weight is 359 g/mol. The highest BCUT2D eigenvalue weighted by molar-refractivity contribution is 7.12. The topological polar surface area (TPSA) is 55.8 Å². The van der Waals surface area contributed by atoms with Crippen LogP contribution in [0.3, 0.4) is 0 Å². The molecule has 1 aliphatic rings. The van der Waals surface area contributed by atoms with E-state index in [9.17, 15) is 9.59 Å². The number of nitrogens with zero attached hydrogens (tertiary/aromatic N) is 1. The molecule has 0 radical (unpaired) electrons. The molecule has 6 heteroatoms. The van der Waals surface area contributed by atoms with Crippen molar-refractivity contribution in [3.05, 3.63) is 46.7 Å². The smallest absolute Gasteiger partial charge is 0.316 e. The molecule has 0 N–H and O–H groups in total. The van der Waals surface area contributed by atoms with Crippen molar-refractivity contribution in [1.29, 1.82) is 0 Å². The fourth-order valence-electron chi connectivity index (χ4n) is 2.91. The van der Waals surface area contributed by atoms with Gasteiger partial charge in [-0.1, -0.05) is 18.2 Å². The minimum absolute atomic E-state index is 0.0118. The maximum atomic E-state index is 12.6. The minimum Gasteiger partial charge on any atom is -0.490 e. The molecule has 132 valence electrons. The lowest BCUT2D eigenvalue weighted by molar-refractivity contribution is -0.140. The van der Waals surface area contributed by atoms with E-state index in [1.54, 1.807) is 23.1 Å². The number of benzene rings is 1. The van der Waals surface area contributed by atoms with Crippen molar-refractivity contribution < 1.29 is 19.1 Å². The number of esters is 1. The maximum Gasteiger partial charge on any atom is 0.316 e. The van der Waals surface area contributed by atoms with Crippen LogP contribution in [0.4, 0.5) is 0 Å². The Morgan fingerprint density at radius 2 is 2.00 bits per heavy atom. The molecule has 2 aromatic rings. The monoisotopic (exact) mass is 359 g/mol. The molecule has 25 heavy (non-hydrogen) atoms. The molecule has 1 amide bonds. The Morgan fingerprint density at radius 3 is 2.72 bits per heavy atom. The van der Waals surface area contributed by atoms with Gasteiger partial charge in [0.15, 0.2) is 11.5 Å². The predicted octanol–water partition coefficient (Wildman–Crippen LogP) is 3.60. The van der Waals surface area contributed by atoms with Gasteiger partial charge in [-0.2, -0.15) is 0 Å². The number of likely N-dealkylation sites (tertiary alicyclic amines) is 1.